The van der Waals surface area contributed by atoms with Crippen molar-refractivity contribution in [1.29, 1.82) is 0 Å². The second-order valence-electron chi connectivity index (χ2n) is 9.90. The Labute approximate surface area is 189 Å². The molecule has 2 aromatic rings. The van der Waals surface area contributed by atoms with Gasteiger partial charge in [-0.2, -0.15) is 5.10 Å². The smallest absolute Gasteiger partial charge is 0.414 e. The largest absolute Gasteiger partial charge is 0.444 e. The zero-order chi connectivity index (χ0) is 23.7. The standard InChI is InChI=1S/C24H32N4O4/c1-15-20-18(12-13-28(20)22(30)32-24(5,6)7)19(27-26-15)17-10-8-16(9-11-17)14-25-21(29)31-23(2,3)4/h8-11H,12-14H2,1-7H3,(H,25,29). The molecule has 0 spiro atoms. The van der Waals surface area contributed by atoms with Crippen LogP contribution in [0.2, 0.25) is 0 Å². The summed E-state index contributed by atoms with van der Waals surface area (Å²) >= 11 is 0. The molecule has 0 atom stereocenters. The van der Waals surface area contributed by atoms with Crippen molar-refractivity contribution >= 4 is 17.9 Å². The molecule has 0 aliphatic carbocycles. The molecule has 0 fully saturated rings. The van der Waals surface area contributed by atoms with Gasteiger partial charge in [-0.05, 0) is 60.5 Å². The Balaban J connectivity index is 1.77. The third-order valence-corrected chi connectivity index (χ3v) is 4.75. The molecule has 0 saturated heterocycles. The number of carbonyl (C=O) groups excluding carboxylic acids is 2. The van der Waals surface area contributed by atoms with Gasteiger partial charge in [0.15, 0.2) is 0 Å². The number of aromatic nitrogens is 2. The first-order valence-corrected chi connectivity index (χ1v) is 10.8. The summed E-state index contributed by atoms with van der Waals surface area (Å²) in [4.78, 5) is 26.2. The van der Waals surface area contributed by atoms with Crippen LogP contribution in [0, 0.1) is 6.92 Å². The molecular weight excluding hydrogens is 408 g/mol. The summed E-state index contributed by atoms with van der Waals surface area (Å²) in [6.07, 6.45) is -0.143. The van der Waals surface area contributed by atoms with E-state index in [-0.39, 0.29) is 6.09 Å². The number of hydrogen-bond acceptors (Lipinski definition) is 6. The third-order valence-electron chi connectivity index (χ3n) is 4.75. The topological polar surface area (TPSA) is 93.6 Å². The highest BCUT2D eigenvalue weighted by atomic mass is 16.6. The molecule has 172 valence electrons. The van der Waals surface area contributed by atoms with Gasteiger partial charge >= 0.3 is 12.2 Å². The van der Waals surface area contributed by atoms with Gasteiger partial charge in [0.2, 0.25) is 0 Å². The lowest BCUT2D eigenvalue weighted by atomic mass is 10.0. The predicted octanol–water partition coefficient (Wildman–Crippen LogP) is 4.77. The molecule has 1 aromatic heterocycles. The number of alkyl carbamates (subject to hydrolysis) is 1. The second kappa shape index (κ2) is 8.76. The van der Waals surface area contributed by atoms with E-state index in [2.05, 4.69) is 15.5 Å². The van der Waals surface area contributed by atoms with Crippen LogP contribution in [-0.4, -0.2) is 40.1 Å². The van der Waals surface area contributed by atoms with Crippen molar-refractivity contribution in [3.8, 4) is 11.3 Å². The van der Waals surface area contributed by atoms with E-state index in [0.717, 1.165) is 28.1 Å². The van der Waals surface area contributed by atoms with Crippen LogP contribution in [0.5, 0.6) is 0 Å². The van der Waals surface area contributed by atoms with Crippen LogP contribution in [0.3, 0.4) is 0 Å². The molecule has 1 aliphatic heterocycles. The SMILES string of the molecule is Cc1nnc(-c2ccc(CNC(=O)OC(C)(C)C)cc2)c2c1N(C(=O)OC(C)(C)C)CC2. The van der Waals surface area contributed by atoms with Gasteiger partial charge in [0.1, 0.15) is 11.2 Å². The lowest BCUT2D eigenvalue weighted by Crippen LogP contribution is -2.36. The van der Waals surface area contributed by atoms with Crippen molar-refractivity contribution in [3.63, 3.8) is 0 Å². The molecule has 0 unspecified atom stereocenters. The van der Waals surface area contributed by atoms with E-state index in [1.807, 2.05) is 72.7 Å². The third kappa shape index (κ3) is 5.75. The van der Waals surface area contributed by atoms with Crippen LogP contribution in [0.15, 0.2) is 24.3 Å². The van der Waals surface area contributed by atoms with Gasteiger partial charge in [-0.25, -0.2) is 9.59 Å². The molecule has 3 rings (SSSR count). The number of nitrogens with zero attached hydrogens (tertiary/aromatic N) is 3. The van der Waals surface area contributed by atoms with E-state index in [9.17, 15) is 9.59 Å². The Bertz CT molecular complexity index is 1000. The van der Waals surface area contributed by atoms with Crippen molar-refractivity contribution < 1.29 is 19.1 Å². The molecule has 1 aromatic carbocycles. The van der Waals surface area contributed by atoms with Crippen LogP contribution in [0.25, 0.3) is 11.3 Å². The number of amides is 2. The molecule has 8 heteroatoms. The molecule has 8 nitrogen and oxygen atoms in total. The zero-order valence-corrected chi connectivity index (χ0v) is 19.9. The van der Waals surface area contributed by atoms with E-state index < -0.39 is 17.3 Å². The van der Waals surface area contributed by atoms with Gasteiger partial charge in [-0.1, -0.05) is 24.3 Å². The number of benzene rings is 1. The minimum absolute atomic E-state index is 0.360. The Morgan fingerprint density at radius 1 is 1.00 bits per heavy atom. The van der Waals surface area contributed by atoms with E-state index in [4.69, 9.17) is 9.47 Å². The maximum Gasteiger partial charge on any atom is 0.414 e. The maximum atomic E-state index is 12.7. The molecule has 32 heavy (non-hydrogen) atoms. The molecule has 1 aliphatic rings. The highest BCUT2D eigenvalue weighted by Crippen LogP contribution is 2.37. The van der Waals surface area contributed by atoms with Crippen molar-refractivity contribution in [3.05, 3.63) is 41.1 Å². The number of carbonyl (C=O) groups is 2. The zero-order valence-electron chi connectivity index (χ0n) is 19.9. The fourth-order valence-electron chi connectivity index (χ4n) is 3.49. The Morgan fingerprint density at radius 2 is 1.62 bits per heavy atom. The number of aryl methyl sites for hydroxylation is 1. The molecule has 2 amide bonds. The first kappa shape index (κ1) is 23.5. The van der Waals surface area contributed by atoms with E-state index in [1.165, 1.54) is 0 Å². The highest BCUT2D eigenvalue weighted by Gasteiger charge is 2.33. The summed E-state index contributed by atoms with van der Waals surface area (Å²) in [6, 6.07) is 7.76. The van der Waals surface area contributed by atoms with E-state index in [0.29, 0.717) is 25.2 Å². The maximum absolute atomic E-state index is 12.7. The van der Waals surface area contributed by atoms with E-state index in [1.54, 1.807) is 4.90 Å². The van der Waals surface area contributed by atoms with Gasteiger partial charge in [-0.3, -0.25) is 4.90 Å². The fraction of sp³-hybridized carbons (Fsp3) is 0.500. The molecule has 0 radical (unpaired) electrons. The Kier molecular flexibility index (Phi) is 6.44. The van der Waals surface area contributed by atoms with Gasteiger partial charge in [0, 0.05) is 24.2 Å². The van der Waals surface area contributed by atoms with Crippen LogP contribution in [0.4, 0.5) is 15.3 Å². The van der Waals surface area contributed by atoms with Crippen LogP contribution >= 0.6 is 0 Å². The summed E-state index contributed by atoms with van der Waals surface area (Å²) in [6.45, 7) is 13.8. The number of anilines is 1. The number of rotatable bonds is 3. The van der Waals surface area contributed by atoms with Gasteiger partial charge < -0.3 is 14.8 Å². The molecular formula is C24H32N4O4. The second-order valence-corrected chi connectivity index (χ2v) is 9.90. The predicted molar refractivity (Wildman–Crippen MR) is 123 cm³/mol. The number of fused-ring (bicyclic) bond motifs is 1. The minimum Gasteiger partial charge on any atom is -0.444 e. The first-order valence-electron chi connectivity index (χ1n) is 10.8. The number of nitrogens with one attached hydrogen (secondary N) is 1. The van der Waals surface area contributed by atoms with Gasteiger partial charge in [0.25, 0.3) is 0 Å². The lowest BCUT2D eigenvalue weighted by Gasteiger charge is -2.25. The van der Waals surface area contributed by atoms with Crippen molar-refractivity contribution in [2.75, 3.05) is 11.4 Å². The van der Waals surface area contributed by atoms with Gasteiger partial charge in [0.05, 0.1) is 17.1 Å². The summed E-state index contributed by atoms with van der Waals surface area (Å²) in [5.41, 5.74) is 3.95. The van der Waals surface area contributed by atoms with E-state index >= 15 is 0 Å². The summed E-state index contributed by atoms with van der Waals surface area (Å²) < 4.78 is 10.8. The summed E-state index contributed by atoms with van der Waals surface area (Å²) in [5, 5.41) is 11.5. The normalized spacial score (nSPS) is 13.5. The number of ether oxygens (including phenoxy) is 2. The fourth-order valence-corrected chi connectivity index (χ4v) is 3.49. The van der Waals surface area contributed by atoms with Gasteiger partial charge in [-0.15, -0.1) is 5.10 Å². The molecule has 1 N–H and O–H groups in total. The van der Waals surface area contributed by atoms with Crippen LogP contribution < -0.4 is 10.2 Å². The first-order chi connectivity index (χ1) is 14.8. The van der Waals surface area contributed by atoms with Crippen molar-refractivity contribution in [2.24, 2.45) is 0 Å². The molecule has 2 heterocycles. The van der Waals surface area contributed by atoms with Crippen molar-refractivity contribution in [1.82, 2.24) is 15.5 Å². The quantitative estimate of drug-likeness (QED) is 0.739. The van der Waals surface area contributed by atoms with Crippen LogP contribution in [0.1, 0.15) is 58.4 Å². The van der Waals surface area contributed by atoms with Crippen LogP contribution in [-0.2, 0) is 22.4 Å². The average molecular weight is 441 g/mol. The summed E-state index contributed by atoms with van der Waals surface area (Å²) in [7, 11) is 0. The average Bonchev–Trinajstić information content (AvgIpc) is 3.11. The summed E-state index contributed by atoms with van der Waals surface area (Å²) in [5.74, 6) is 0. The highest BCUT2D eigenvalue weighted by molar-refractivity contribution is 5.93. The lowest BCUT2D eigenvalue weighted by molar-refractivity contribution is 0.0521. The molecule has 0 saturated carbocycles. The molecule has 0 bridgehead atoms. The number of hydrogen-bond donors (Lipinski definition) is 1. The Morgan fingerprint density at radius 3 is 2.22 bits per heavy atom. The van der Waals surface area contributed by atoms with Crippen molar-refractivity contribution in [2.45, 2.75) is 72.6 Å². The monoisotopic (exact) mass is 440 g/mol. The minimum atomic E-state index is -0.569. The Hall–Kier alpha value is -3.16.